The molecule has 1 atom stereocenters. The fourth-order valence-corrected chi connectivity index (χ4v) is 1.19. The minimum Gasteiger partial charge on any atom is -0.460 e. The largest absolute Gasteiger partial charge is 0.460 e. The van der Waals surface area contributed by atoms with Crippen molar-refractivity contribution in [2.45, 2.75) is 33.8 Å². The Morgan fingerprint density at radius 2 is 1.76 bits per heavy atom. The van der Waals surface area contributed by atoms with E-state index in [4.69, 9.17) is 21.7 Å². The molecule has 100 valence electrons. The molecule has 0 aliphatic carbocycles. The molecule has 0 aromatic carbocycles. The number of ketones is 1. The number of Topliss-reactive ketones (excluding diaryl/α,β-unsaturated/α-hetero) is 1. The first-order valence-corrected chi connectivity index (χ1v) is 6.06. The molecule has 17 heavy (non-hydrogen) atoms. The molecule has 0 aromatic heterocycles. The van der Waals surface area contributed by atoms with Gasteiger partial charge in [0.2, 0.25) is 0 Å². The summed E-state index contributed by atoms with van der Waals surface area (Å²) in [6.07, 6.45) is -0.437. The van der Waals surface area contributed by atoms with Gasteiger partial charge in [0, 0.05) is 13.1 Å². The Morgan fingerprint density at radius 3 is 2.00 bits per heavy atom. The van der Waals surface area contributed by atoms with E-state index in [9.17, 15) is 4.79 Å². The summed E-state index contributed by atoms with van der Waals surface area (Å²) >= 11 is 8.13. The van der Waals surface area contributed by atoms with Crippen LogP contribution in [0.1, 0.15) is 27.7 Å². The molecule has 1 unspecified atom stereocenters. The second kappa shape index (κ2) is 10.3. The average Bonchev–Trinajstić information content (AvgIpc) is 2.18. The molecule has 0 saturated carbocycles. The van der Waals surface area contributed by atoms with Crippen molar-refractivity contribution in [3.8, 4) is 0 Å². The van der Waals surface area contributed by atoms with Crippen LogP contribution in [0.25, 0.3) is 0 Å². The van der Waals surface area contributed by atoms with Gasteiger partial charge in [-0.25, -0.2) is 0 Å². The van der Waals surface area contributed by atoms with E-state index in [0.29, 0.717) is 5.17 Å². The van der Waals surface area contributed by atoms with Gasteiger partial charge in [-0.3, -0.25) is 9.59 Å². The lowest BCUT2D eigenvalue weighted by Gasteiger charge is -2.23. The molecule has 5 nitrogen and oxygen atoms in total. The minimum absolute atomic E-state index is 0.00509. The summed E-state index contributed by atoms with van der Waals surface area (Å²) in [5, 5.41) is -0.229. The number of carbonyl (C=O) groups is 2. The van der Waals surface area contributed by atoms with Crippen molar-refractivity contribution in [3.63, 3.8) is 0 Å². The number of carbonyl (C=O) groups excluding carboxylic acids is 2. The number of ether oxygens (including phenoxy) is 1. The Balaban J connectivity index is 0. The number of nitrogens with two attached hydrogens (primary N) is 1. The van der Waals surface area contributed by atoms with E-state index < -0.39 is 11.3 Å². The zero-order valence-corrected chi connectivity index (χ0v) is 12.3. The third kappa shape index (κ3) is 11.4. The van der Waals surface area contributed by atoms with E-state index in [1.807, 2.05) is 18.7 Å². The molecule has 0 fully saturated rings. The van der Waals surface area contributed by atoms with Gasteiger partial charge in [-0.2, -0.15) is 0 Å². The minimum atomic E-state index is -0.639. The number of primary amides is 1. The van der Waals surface area contributed by atoms with Crippen LogP contribution in [-0.2, 0) is 9.53 Å². The zero-order chi connectivity index (χ0) is 14.0. The Morgan fingerprint density at radius 1 is 1.41 bits per heavy atom. The highest BCUT2D eigenvalue weighted by Crippen LogP contribution is 1.99. The molecule has 0 rings (SSSR count). The number of rotatable bonds is 4. The van der Waals surface area contributed by atoms with Gasteiger partial charge in [-0.1, -0.05) is 12.6 Å². The van der Waals surface area contributed by atoms with Gasteiger partial charge >= 0.3 is 0 Å². The first kappa shape index (κ1) is 18.5. The normalized spacial score (nSPS) is 10.6. The average molecular weight is 280 g/mol. The lowest BCUT2D eigenvalue weighted by atomic mass is 10.3. The fourth-order valence-electron chi connectivity index (χ4n) is 0.791. The molecule has 0 aliphatic rings. The van der Waals surface area contributed by atoms with Gasteiger partial charge in [0.05, 0.1) is 0 Å². The molecule has 0 saturated heterocycles. The van der Waals surface area contributed by atoms with Crippen molar-refractivity contribution >= 4 is 41.0 Å². The van der Waals surface area contributed by atoms with Crippen molar-refractivity contribution in [2.75, 3.05) is 13.1 Å². The SMILES string of the molecule is CCN(CC)C(=S)OC(C)C(C)=O.NC(=O)S. The van der Waals surface area contributed by atoms with Crippen LogP contribution < -0.4 is 5.73 Å². The number of hydrogen-bond donors (Lipinski definition) is 2. The van der Waals surface area contributed by atoms with E-state index in [1.54, 1.807) is 6.92 Å². The maximum Gasteiger partial charge on any atom is 0.273 e. The van der Waals surface area contributed by atoms with Crippen LogP contribution in [0.4, 0.5) is 4.79 Å². The summed E-state index contributed by atoms with van der Waals surface area (Å²) < 4.78 is 5.26. The van der Waals surface area contributed by atoms with E-state index >= 15 is 0 Å². The highest BCUT2D eigenvalue weighted by Gasteiger charge is 2.13. The summed E-state index contributed by atoms with van der Waals surface area (Å²) in [6, 6.07) is 0. The Bertz CT molecular complexity index is 264. The van der Waals surface area contributed by atoms with Crippen LogP contribution in [-0.4, -0.2) is 40.3 Å². The van der Waals surface area contributed by atoms with Gasteiger partial charge in [0.25, 0.3) is 10.4 Å². The topological polar surface area (TPSA) is 72.6 Å². The highest BCUT2D eigenvalue weighted by atomic mass is 32.1. The molecule has 0 heterocycles. The van der Waals surface area contributed by atoms with Crippen LogP contribution in [0.5, 0.6) is 0 Å². The lowest BCUT2D eigenvalue weighted by molar-refractivity contribution is -0.123. The molecule has 0 radical (unpaired) electrons. The van der Waals surface area contributed by atoms with Gasteiger partial charge in [-0.05, 0) is 39.9 Å². The molecule has 1 amide bonds. The molecule has 7 heteroatoms. The number of hydrogen-bond acceptors (Lipinski definition) is 4. The van der Waals surface area contributed by atoms with Crippen molar-refractivity contribution in [1.82, 2.24) is 4.90 Å². The summed E-state index contributed by atoms with van der Waals surface area (Å²) in [4.78, 5) is 21.9. The molecule has 2 N–H and O–H groups in total. The maximum absolute atomic E-state index is 10.9. The Kier molecular flexibility index (Phi) is 11.3. The Labute approximate surface area is 113 Å². The number of nitrogens with zero attached hydrogens (tertiary/aromatic N) is 1. The molecular formula is C10H20N2O3S2. The predicted molar refractivity (Wildman–Crippen MR) is 75.3 cm³/mol. The van der Waals surface area contributed by atoms with Crippen LogP contribution in [0.2, 0.25) is 0 Å². The van der Waals surface area contributed by atoms with Crippen molar-refractivity contribution in [1.29, 1.82) is 0 Å². The zero-order valence-electron chi connectivity index (χ0n) is 10.6. The lowest BCUT2D eigenvalue weighted by Crippen LogP contribution is -2.34. The number of amides is 1. The second-order valence-electron chi connectivity index (χ2n) is 3.15. The predicted octanol–water partition coefficient (Wildman–Crippen LogP) is 1.60. The third-order valence-electron chi connectivity index (χ3n) is 1.87. The first-order chi connectivity index (χ1) is 7.76. The molecular weight excluding hydrogens is 260 g/mol. The van der Waals surface area contributed by atoms with Crippen molar-refractivity contribution in [3.05, 3.63) is 0 Å². The van der Waals surface area contributed by atoms with E-state index in [2.05, 4.69) is 18.4 Å². The van der Waals surface area contributed by atoms with Crippen molar-refractivity contribution < 1.29 is 14.3 Å². The van der Waals surface area contributed by atoms with Crippen LogP contribution >= 0.6 is 24.8 Å². The maximum atomic E-state index is 10.9. The highest BCUT2D eigenvalue weighted by molar-refractivity contribution is 7.96. The monoisotopic (exact) mass is 280 g/mol. The summed E-state index contributed by atoms with van der Waals surface area (Å²) in [5.41, 5.74) is 4.34. The smallest absolute Gasteiger partial charge is 0.273 e. The van der Waals surface area contributed by atoms with Gasteiger partial charge in [0.15, 0.2) is 11.9 Å². The van der Waals surface area contributed by atoms with Crippen LogP contribution in [0, 0.1) is 0 Å². The summed E-state index contributed by atoms with van der Waals surface area (Å²) in [7, 11) is 0. The van der Waals surface area contributed by atoms with Gasteiger partial charge < -0.3 is 15.4 Å². The molecule has 0 aromatic rings. The quantitative estimate of drug-likeness (QED) is 0.604. The Hall–Kier alpha value is -0.820. The van der Waals surface area contributed by atoms with E-state index in [1.165, 1.54) is 6.92 Å². The van der Waals surface area contributed by atoms with Gasteiger partial charge in [-0.15, -0.1) is 0 Å². The van der Waals surface area contributed by atoms with E-state index in [-0.39, 0.29) is 5.78 Å². The third-order valence-corrected chi connectivity index (χ3v) is 2.23. The fraction of sp³-hybridized carbons (Fsp3) is 0.700. The molecule has 0 bridgehead atoms. The second-order valence-corrected chi connectivity index (χ2v) is 3.94. The van der Waals surface area contributed by atoms with Crippen LogP contribution in [0.3, 0.4) is 0 Å². The molecule has 0 aliphatic heterocycles. The van der Waals surface area contributed by atoms with E-state index in [0.717, 1.165) is 13.1 Å². The molecule has 0 spiro atoms. The first-order valence-electron chi connectivity index (χ1n) is 5.20. The number of thiocarbonyl (C=S) groups is 1. The summed E-state index contributed by atoms with van der Waals surface area (Å²) in [5.74, 6) is -0.00509. The van der Waals surface area contributed by atoms with Crippen molar-refractivity contribution in [2.24, 2.45) is 5.73 Å². The summed E-state index contributed by atoms with van der Waals surface area (Å²) in [6.45, 7) is 8.81. The number of thiol groups is 1. The van der Waals surface area contributed by atoms with Crippen LogP contribution in [0.15, 0.2) is 0 Å². The standard InChI is InChI=1S/C9H17NO2S.CH3NOS/c1-5-10(6-2)9(13)12-8(4)7(3)11;2-1(3)4/h8H,5-6H2,1-4H3;(H3,2,3,4). The van der Waals surface area contributed by atoms with Gasteiger partial charge in [0.1, 0.15) is 0 Å².